The van der Waals surface area contributed by atoms with Gasteiger partial charge < -0.3 is 8.83 Å². The molecule has 288 valence electrons. The van der Waals surface area contributed by atoms with E-state index in [1.807, 2.05) is 73.2 Å². The van der Waals surface area contributed by atoms with Gasteiger partial charge in [-0.3, -0.25) is 0 Å². The third-order valence-corrected chi connectivity index (χ3v) is 30.6. The number of fused-ring (bicyclic) bond motifs is 4. The molecule has 0 spiro atoms. The molecule has 0 bridgehead atoms. The standard InChI is InChI=1S/2C24H16ClO.C2H6Si.2ClH.Zr/c2*1-15-9-10-16-11-19(24-21-8-3-2-5-18(21)14-26-24)13-22(16)23(15)17-6-4-7-20(25)12-17;1-3-2;;;/h2*2-14H,1H3;1-2H3;2*1H;/q2*-1;;;;+2/p-2. The molecule has 10 aromatic rings. The van der Waals surface area contributed by atoms with Crippen molar-refractivity contribution in [2.45, 2.75) is 26.9 Å². The minimum atomic E-state index is -1.65. The second-order valence-corrected chi connectivity index (χ2v) is 38.4. The van der Waals surface area contributed by atoms with E-state index in [0.29, 0.717) is 0 Å². The Kier molecular flexibility index (Phi) is 12.3. The second kappa shape index (κ2) is 17.6. The predicted molar refractivity (Wildman–Crippen MR) is 249 cm³/mol. The maximum Gasteiger partial charge on any atom is 0.0875 e. The van der Waals surface area contributed by atoms with Gasteiger partial charge in [0.05, 0.1) is 24.0 Å². The molecule has 0 radical (unpaired) electrons. The number of hydrogen-bond acceptors (Lipinski definition) is 2. The summed E-state index contributed by atoms with van der Waals surface area (Å²) >= 11 is 10.8. The van der Waals surface area contributed by atoms with Crippen molar-refractivity contribution >= 4 is 88.8 Å². The van der Waals surface area contributed by atoms with E-state index in [4.69, 9.17) is 49.1 Å². The van der Waals surface area contributed by atoms with E-state index in [1.165, 1.54) is 43.8 Å². The normalized spacial score (nSPS) is 11.1. The molecule has 0 saturated carbocycles. The molecule has 0 aliphatic rings. The van der Waals surface area contributed by atoms with Crippen LogP contribution < -0.4 is 0 Å². The van der Waals surface area contributed by atoms with Crippen molar-refractivity contribution in [3.05, 3.63) is 179 Å². The first-order chi connectivity index (χ1) is 28.0. The zero-order valence-electron chi connectivity index (χ0n) is 32.3. The summed E-state index contributed by atoms with van der Waals surface area (Å²) in [6, 6.07) is 50.2. The van der Waals surface area contributed by atoms with Gasteiger partial charge in [0.1, 0.15) is 0 Å². The van der Waals surface area contributed by atoms with Gasteiger partial charge in [0.2, 0.25) is 0 Å². The van der Waals surface area contributed by atoms with Gasteiger partial charge in [-0.1, -0.05) is 130 Å². The molecule has 0 aliphatic heterocycles. The Morgan fingerprint density at radius 1 is 0.500 bits per heavy atom. The molecular formula is C50H38Cl4O2SiZr-2. The van der Waals surface area contributed by atoms with Crippen LogP contribution in [0.3, 0.4) is 0 Å². The molecule has 58 heavy (non-hydrogen) atoms. The van der Waals surface area contributed by atoms with Crippen LogP contribution in [-0.4, -0.2) is 5.43 Å². The van der Waals surface area contributed by atoms with E-state index in [2.05, 4.69) is 112 Å². The molecule has 0 N–H and O–H groups in total. The summed E-state index contributed by atoms with van der Waals surface area (Å²) in [7, 11) is 11.2. The molecule has 0 unspecified atom stereocenters. The van der Waals surface area contributed by atoms with E-state index >= 15 is 0 Å². The van der Waals surface area contributed by atoms with Crippen molar-refractivity contribution in [2.75, 3.05) is 0 Å². The van der Waals surface area contributed by atoms with Crippen molar-refractivity contribution < 1.29 is 26.8 Å². The van der Waals surface area contributed by atoms with Crippen LogP contribution in [0.2, 0.25) is 23.1 Å². The first-order valence-corrected chi connectivity index (χ1v) is 32.2. The molecular weight excluding hydrogens is 894 g/mol. The summed E-state index contributed by atoms with van der Waals surface area (Å²) in [6.45, 7) is 8.62. The average molecular weight is 932 g/mol. The van der Waals surface area contributed by atoms with Gasteiger partial charge in [0.15, 0.2) is 0 Å². The maximum atomic E-state index is 6.24. The van der Waals surface area contributed by atoms with Gasteiger partial charge in [-0.15, -0.1) is 57.9 Å². The Morgan fingerprint density at radius 3 is 1.31 bits per heavy atom. The van der Waals surface area contributed by atoms with Crippen molar-refractivity contribution in [1.29, 1.82) is 0 Å². The number of furan rings is 2. The molecule has 0 atom stereocenters. The van der Waals surface area contributed by atoms with Gasteiger partial charge in [-0.25, -0.2) is 0 Å². The van der Waals surface area contributed by atoms with Gasteiger partial charge in [-0.05, 0) is 71.1 Å². The van der Waals surface area contributed by atoms with E-state index in [-0.39, 0.29) is 5.43 Å². The molecule has 10 rings (SSSR count). The predicted octanol–water partition coefficient (Wildman–Crippen LogP) is 17.4. The maximum absolute atomic E-state index is 6.24. The summed E-state index contributed by atoms with van der Waals surface area (Å²) < 4.78 is 11.8. The Balaban J connectivity index is 0.000000142. The topological polar surface area (TPSA) is 26.3 Å². The molecule has 0 amide bonds. The van der Waals surface area contributed by atoms with Crippen LogP contribution in [0, 0.1) is 13.8 Å². The second-order valence-electron chi connectivity index (χ2n) is 14.6. The van der Waals surface area contributed by atoms with E-state index < -0.39 is 18.0 Å². The van der Waals surface area contributed by atoms with E-state index in [1.54, 1.807) is 0 Å². The van der Waals surface area contributed by atoms with Gasteiger partial charge >= 0.3 is 53.5 Å². The molecule has 8 heteroatoms. The molecule has 8 aromatic carbocycles. The summed E-state index contributed by atoms with van der Waals surface area (Å²) in [5, 5.41) is 10.9. The van der Waals surface area contributed by atoms with Gasteiger partial charge in [-0.2, -0.15) is 0 Å². The van der Waals surface area contributed by atoms with Gasteiger partial charge in [0, 0.05) is 20.8 Å². The average Bonchev–Trinajstić information content (AvgIpc) is 4.02. The number of benzene rings is 6. The summed E-state index contributed by atoms with van der Waals surface area (Å²) in [5.41, 5.74) is 9.20. The van der Waals surface area contributed by atoms with Crippen molar-refractivity contribution in [2.24, 2.45) is 0 Å². The molecule has 0 aliphatic carbocycles. The summed E-state index contributed by atoms with van der Waals surface area (Å²) in [5.74, 6) is 1.85. The largest absolute Gasteiger partial charge is 0.498 e. The SMILES string of the molecule is C[Si](C)=[Zr]([Cl])[Cl].Cc1ccc2[cH-]c(-c3occ4ccccc34)cc2c1-c1cccc(Cl)c1.Cc1ccc2[cH-]c(-c3occ4ccccc34)cc2c1-c1cccc(Cl)c1. The Morgan fingerprint density at radius 2 is 0.914 bits per heavy atom. The van der Waals surface area contributed by atoms with E-state index in [9.17, 15) is 0 Å². The number of halogens is 4. The van der Waals surface area contributed by atoms with Crippen molar-refractivity contribution in [3.63, 3.8) is 0 Å². The van der Waals surface area contributed by atoms with Crippen LogP contribution in [0.1, 0.15) is 11.1 Å². The quantitative estimate of drug-likeness (QED) is 0.130. The smallest absolute Gasteiger partial charge is 0.0875 e. The summed E-state index contributed by atoms with van der Waals surface area (Å²) in [6.07, 6.45) is 3.65. The fourth-order valence-electron chi connectivity index (χ4n) is 7.53. The third kappa shape index (κ3) is 8.48. The zero-order chi connectivity index (χ0) is 40.5. The zero-order valence-corrected chi connectivity index (χ0v) is 38.8. The minimum Gasteiger partial charge on any atom is -0.498 e. The Bertz CT molecular complexity index is 2910. The summed E-state index contributed by atoms with van der Waals surface area (Å²) in [4.78, 5) is 0. The number of hydrogen-bond donors (Lipinski definition) is 0. The first-order valence-electron chi connectivity index (χ1n) is 18.9. The van der Waals surface area contributed by atoms with Crippen LogP contribution >= 0.6 is 40.2 Å². The van der Waals surface area contributed by atoms with Crippen LogP contribution in [0.5, 0.6) is 0 Å². The van der Waals surface area contributed by atoms with Crippen molar-refractivity contribution in [1.82, 2.24) is 0 Å². The molecule has 2 aromatic heterocycles. The molecule has 2 heterocycles. The fraction of sp³-hybridized carbons (Fsp3) is 0.0800. The first kappa shape index (κ1) is 40.7. The van der Waals surface area contributed by atoms with Gasteiger partial charge in [0.25, 0.3) is 0 Å². The molecule has 2 nitrogen and oxygen atoms in total. The molecule has 0 saturated heterocycles. The fourth-order valence-corrected chi connectivity index (χ4v) is 7.91. The van der Waals surface area contributed by atoms with Crippen LogP contribution in [0.4, 0.5) is 0 Å². The Hall–Kier alpha value is -4.12. The van der Waals surface area contributed by atoms with Crippen LogP contribution in [-0.2, 0) is 18.0 Å². The number of rotatable bonds is 4. The third-order valence-electron chi connectivity index (χ3n) is 10.3. The number of aryl methyl sites for hydroxylation is 2. The van der Waals surface area contributed by atoms with Crippen LogP contribution in [0.25, 0.3) is 88.0 Å². The monoisotopic (exact) mass is 928 g/mol. The minimum absolute atomic E-state index is 0.224. The van der Waals surface area contributed by atoms with Crippen LogP contribution in [0.15, 0.2) is 167 Å². The Labute approximate surface area is 363 Å². The van der Waals surface area contributed by atoms with Crippen molar-refractivity contribution in [3.8, 4) is 44.9 Å². The van der Waals surface area contributed by atoms with E-state index in [0.717, 1.165) is 65.4 Å². The molecule has 0 fully saturated rings.